The molecule has 2 N–H and O–H groups in total. The van der Waals surface area contributed by atoms with Gasteiger partial charge in [0.15, 0.2) is 11.6 Å². The summed E-state index contributed by atoms with van der Waals surface area (Å²) in [6.07, 6.45) is 3.30. The molecule has 5 nitrogen and oxygen atoms in total. The van der Waals surface area contributed by atoms with Crippen LogP contribution in [0.1, 0.15) is 21.5 Å². The summed E-state index contributed by atoms with van der Waals surface area (Å²) < 4.78 is 20.6. The Kier molecular flexibility index (Phi) is 3.73. The lowest BCUT2D eigenvalue weighted by Crippen LogP contribution is -2.10. The van der Waals surface area contributed by atoms with Gasteiger partial charge in [0, 0.05) is 18.9 Å². The lowest BCUT2D eigenvalue weighted by Gasteiger charge is -2.09. The SMILES string of the molecule is COc1ccc(Cn2cc(C(N)=O)c3nccc(C)c32)cc1F. The van der Waals surface area contributed by atoms with Gasteiger partial charge in [-0.25, -0.2) is 4.39 Å². The Morgan fingerprint density at radius 3 is 2.83 bits per heavy atom. The Labute approximate surface area is 132 Å². The van der Waals surface area contributed by atoms with Crippen LogP contribution in [0.3, 0.4) is 0 Å². The van der Waals surface area contributed by atoms with Crippen LogP contribution < -0.4 is 10.5 Å². The van der Waals surface area contributed by atoms with Gasteiger partial charge in [-0.1, -0.05) is 6.07 Å². The molecule has 0 aliphatic heterocycles. The van der Waals surface area contributed by atoms with Crippen molar-refractivity contribution in [2.45, 2.75) is 13.5 Å². The smallest absolute Gasteiger partial charge is 0.252 e. The van der Waals surface area contributed by atoms with E-state index in [4.69, 9.17) is 10.5 Å². The standard InChI is InChI=1S/C17H16FN3O2/c1-10-5-6-20-15-12(17(19)22)9-21(16(10)15)8-11-3-4-14(23-2)13(18)7-11/h3-7,9H,8H2,1-2H3,(H2,19,22). The van der Waals surface area contributed by atoms with Gasteiger partial charge >= 0.3 is 0 Å². The van der Waals surface area contributed by atoms with Gasteiger partial charge in [-0.2, -0.15) is 0 Å². The van der Waals surface area contributed by atoms with Crippen LogP contribution in [0.25, 0.3) is 11.0 Å². The number of benzene rings is 1. The number of ether oxygens (including phenoxy) is 1. The second-order valence-corrected chi connectivity index (χ2v) is 5.33. The third-order valence-corrected chi connectivity index (χ3v) is 3.79. The molecular weight excluding hydrogens is 297 g/mol. The summed E-state index contributed by atoms with van der Waals surface area (Å²) in [4.78, 5) is 15.9. The van der Waals surface area contributed by atoms with Crippen molar-refractivity contribution in [1.82, 2.24) is 9.55 Å². The fraction of sp³-hybridized carbons (Fsp3) is 0.176. The van der Waals surface area contributed by atoms with E-state index in [-0.39, 0.29) is 5.75 Å². The number of primary amides is 1. The van der Waals surface area contributed by atoms with Crippen molar-refractivity contribution in [3.63, 3.8) is 0 Å². The Balaban J connectivity index is 2.10. The Bertz CT molecular complexity index is 902. The zero-order valence-corrected chi connectivity index (χ0v) is 12.8. The third-order valence-electron chi connectivity index (χ3n) is 3.79. The predicted molar refractivity (Wildman–Crippen MR) is 85.0 cm³/mol. The van der Waals surface area contributed by atoms with Gasteiger partial charge in [-0.15, -0.1) is 0 Å². The second-order valence-electron chi connectivity index (χ2n) is 5.33. The maximum Gasteiger partial charge on any atom is 0.252 e. The first-order valence-corrected chi connectivity index (χ1v) is 7.08. The van der Waals surface area contributed by atoms with E-state index in [1.165, 1.54) is 13.2 Å². The molecule has 1 amide bonds. The fourth-order valence-corrected chi connectivity index (χ4v) is 2.70. The minimum Gasteiger partial charge on any atom is -0.494 e. The highest BCUT2D eigenvalue weighted by Gasteiger charge is 2.16. The van der Waals surface area contributed by atoms with E-state index in [2.05, 4.69) is 4.98 Å². The molecular formula is C17H16FN3O2. The average molecular weight is 313 g/mol. The number of halogens is 1. The molecule has 0 bridgehead atoms. The number of nitrogens with zero attached hydrogens (tertiary/aromatic N) is 2. The monoisotopic (exact) mass is 313 g/mol. The first-order chi connectivity index (χ1) is 11.0. The minimum absolute atomic E-state index is 0.196. The van der Waals surface area contributed by atoms with Gasteiger partial charge < -0.3 is 15.0 Å². The van der Waals surface area contributed by atoms with Crippen molar-refractivity contribution in [3.05, 3.63) is 59.2 Å². The van der Waals surface area contributed by atoms with Crippen LogP contribution in [0.2, 0.25) is 0 Å². The molecule has 0 saturated carbocycles. The van der Waals surface area contributed by atoms with Crippen molar-refractivity contribution in [3.8, 4) is 5.75 Å². The highest BCUT2D eigenvalue weighted by atomic mass is 19.1. The van der Waals surface area contributed by atoms with Crippen LogP contribution in [-0.2, 0) is 6.54 Å². The summed E-state index contributed by atoms with van der Waals surface area (Å²) in [5, 5.41) is 0. The molecule has 2 heterocycles. The van der Waals surface area contributed by atoms with E-state index < -0.39 is 11.7 Å². The summed E-state index contributed by atoms with van der Waals surface area (Å²) in [5.41, 5.74) is 8.89. The molecule has 0 fully saturated rings. The molecule has 6 heteroatoms. The lowest BCUT2D eigenvalue weighted by atomic mass is 10.2. The third kappa shape index (κ3) is 2.63. The Morgan fingerprint density at radius 1 is 1.39 bits per heavy atom. The molecule has 0 saturated heterocycles. The number of carbonyl (C=O) groups is 1. The van der Waals surface area contributed by atoms with Crippen LogP contribution in [0.15, 0.2) is 36.7 Å². The molecule has 3 aromatic rings. The molecule has 0 radical (unpaired) electrons. The van der Waals surface area contributed by atoms with Gasteiger partial charge in [0.05, 0.1) is 18.2 Å². The Morgan fingerprint density at radius 2 is 2.17 bits per heavy atom. The highest BCUT2D eigenvalue weighted by molar-refractivity contribution is 6.05. The molecule has 0 aliphatic carbocycles. The largest absolute Gasteiger partial charge is 0.494 e. The van der Waals surface area contributed by atoms with E-state index in [0.29, 0.717) is 17.6 Å². The number of hydrogen-bond acceptors (Lipinski definition) is 3. The van der Waals surface area contributed by atoms with Crippen LogP contribution in [-0.4, -0.2) is 22.6 Å². The maximum atomic E-state index is 13.9. The van der Waals surface area contributed by atoms with Gasteiger partial charge in [0.1, 0.15) is 5.52 Å². The zero-order chi connectivity index (χ0) is 16.6. The molecule has 0 aliphatic rings. The number of aromatic nitrogens is 2. The number of pyridine rings is 1. The lowest BCUT2D eigenvalue weighted by molar-refractivity contribution is 0.100. The van der Waals surface area contributed by atoms with Crippen LogP contribution in [0, 0.1) is 12.7 Å². The topological polar surface area (TPSA) is 70.1 Å². The molecule has 3 rings (SSSR count). The molecule has 0 spiro atoms. The van der Waals surface area contributed by atoms with Gasteiger partial charge in [-0.3, -0.25) is 9.78 Å². The molecule has 1 aromatic carbocycles. The number of nitrogens with two attached hydrogens (primary N) is 1. The second kappa shape index (κ2) is 5.72. The van der Waals surface area contributed by atoms with Crippen molar-refractivity contribution in [1.29, 1.82) is 0 Å². The summed E-state index contributed by atoms with van der Waals surface area (Å²) in [6, 6.07) is 6.64. The summed E-state index contributed by atoms with van der Waals surface area (Å²) >= 11 is 0. The van der Waals surface area contributed by atoms with Crippen molar-refractivity contribution < 1.29 is 13.9 Å². The predicted octanol–water partition coefficient (Wildman–Crippen LogP) is 2.64. The molecule has 23 heavy (non-hydrogen) atoms. The van der Waals surface area contributed by atoms with Crippen molar-refractivity contribution in [2.24, 2.45) is 5.73 Å². The van der Waals surface area contributed by atoms with Gasteiger partial charge in [-0.05, 0) is 36.2 Å². The first kappa shape index (κ1) is 15.0. The van der Waals surface area contributed by atoms with E-state index in [1.54, 1.807) is 24.5 Å². The van der Waals surface area contributed by atoms with E-state index in [0.717, 1.165) is 16.6 Å². The molecule has 0 unspecified atom stereocenters. The van der Waals surface area contributed by atoms with E-state index in [9.17, 15) is 9.18 Å². The van der Waals surface area contributed by atoms with Gasteiger partial charge in [0.2, 0.25) is 0 Å². The average Bonchev–Trinajstić information content (AvgIpc) is 2.88. The number of rotatable bonds is 4. The zero-order valence-electron chi connectivity index (χ0n) is 12.8. The normalized spacial score (nSPS) is 10.9. The number of aryl methyl sites for hydroxylation is 1. The number of carbonyl (C=O) groups excluding carboxylic acids is 1. The highest BCUT2D eigenvalue weighted by Crippen LogP contribution is 2.24. The molecule has 2 aromatic heterocycles. The van der Waals surface area contributed by atoms with E-state index >= 15 is 0 Å². The minimum atomic E-state index is -0.534. The van der Waals surface area contributed by atoms with Crippen LogP contribution in [0.5, 0.6) is 5.75 Å². The summed E-state index contributed by atoms with van der Waals surface area (Å²) in [7, 11) is 1.42. The maximum absolute atomic E-state index is 13.9. The van der Waals surface area contributed by atoms with Crippen LogP contribution >= 0.6 is 0 Å². The quantitative estimate of drug-likeness (QED) is 0.805. The van der Waals surface area contributed by atoms with Crippen molar-refractivity contribution in [2.75, 3.05) is 7.11 Å². The van der Waals surface area contributed by atoms with Crippen molar-refractivity contribution >= 4 is 16.9 Å². The number of amides is 1. The molecule has 0 atom stereocenters. The van der Waals surface area contributed by atoms with Gasteiger partial charge in [0.25, 0.3) is 5.91 Å². The van der Waals surface area contributed by atoms with E-state index in [1.807, 2.05) is 17.6 Å². The number of methoxy groups -OCH3 is 1. The fourth-order valence-electron chi connectivity index (χ4n) is 2.70. The number of fused-ring (bicyclic) bond motifs is 1. The summed E-state index contributed by atoms with van der Waals surface area (Å²) in [6.45, 7) is 2.33. The Hall–Kier alpha value is -2.89. The van der Waals surface area contributed by atoms with Crippen LogP contribution in [0.4, 0.5) is 4.39 Å². The molecule has 118 valence electrons. The first-order valence-electron chi connectivity index (χ1n) is 7.08. The number of hydrogen-bond donors (Lipinski definition) is 1. The summed E-state index contributed by atoms with van der Waals surface area (Å²) in [5.74, 6) is -0.763.